The Morgan fingerprint density at radius 3 is 2.50 bits per heavy atom. The summed E-state index contributed by atoms with van der Waals surface area (Å²) in [4.78, 5) is 13.6. The van der Waals surface area contributed by atoms with Crippen LogP contribution in [0, 0.1) is 5.92 Å². The third-order valence-electron chi connectivity index (χ3n) is 2.42. The molecule has 0 saturated heterocycles. The van der Waals surface area contributed by atoms with Gasteiger partial charge >= 0.3 is 0 Å². The van der Waals surface area contributed by atoms with Gasteiger partial charge in [0.1, 0.15) is 0 Å². The van der Waals surface area contributed by atoms with Crippen LogP contribution in [-0.4, -0.2) is 35.6 Å². The summed E-state index contributed by atoms with van der Waals surface area (Å²) in [5.41, 5.74) is 0. The van der Waals surface area contributed by atoms with Crippen molar-refractivity contribution in [3.05, 3.63) is 0 Å². The van der Waals surface area contributed by atoms with Gasteiger partial charge in [0, 0.05) is 25.6 Å². The maximum atomic E-state index is 11.8. The number of aliphatic hydroxyl groups is 1. The molecule has 3 heteroatoms. The molecule has 0 aromatic carbocycles. The number of carbonyl (C=O) groups excluding carboxylic acids is 1. The molecule has 0 fully saturated rings. The van der Waals surface area contributed by atoms with Gasteiger partial charge in [0.25, 0.3) is 0 Å². The first-order chi connectivity index (χ1) is 6.67. The summed E-state index contributed by atoms with van der Waals surface area (Å²) in [7, 11) is 0. The molecule has 0 radical (unpaired) electrons. The van der Waals surface area contributed by atoms with E-state index in [-0.39, 0.29) is 18.4 Å². The van der Waals surface area contributed by atoms with Crippen LogP contribution in [-0.2, 0) is 4.79 Å². The SMILES string of the molecule is CCCC(C)C(=O)N(CC)CCCO. The van der Waals surface area contributed by atoms with Crippen molar-refractivity contribution in [3.63, 3.8) is 0 Å². The van der Waals surface area contributed by atoms with Gasteiger partial charge in [-0.15, -0.1) is 0 Å². The molecular formula is C11H23NO2. The third kappa shape index (κ3) is 4.61. The van der Waals surface area contributed by atoms with E-state index in [4.69, 9.17) is 5.11 Å². The van der Waals surface area contributed by atoms with E-state index >= 15 is 0 Å². The standard InChI is InChI=1S/C11H23NO2/c1-4-7-10(3)11(14)12(5-2)8-6-9-13/h10,13H,4-9H2,1-3H3. The van der Waals surface area contributed by atoms with E-state index in [2.05, 4.69) is 6.92 Å². The predicted molar refractivity (Wildman–Crippen MR) is 58.0 cm³/mol. The van der Waals surface area contributed by atoms with Crippen molar-refractivity contribution < 1.29 is 9.90 Å². The van der Waals surface area contributed by atoms with Crippen LogP contribution in [0.4, 0.5) is 0 Å². The topological polar surface area (TPSA) is 40.5 Å². The van der Waals surface area contributed by atoms with Crippen molar-refractivity contribution in [3.8, 4) is 0 Å². The maximum Gasteiger partial charge on any atom is 0.225 e. The number of hydrogen-bond donors (Lipinski definition) is 1. The summed E-state index contributed by atoms with van der Waals surface area (Å²) in [6, 6.07) is 0. The Labute approximate surface area is 87.1 Å². The Morgan fingerprint density at radius 1 is 1.43 bits per heavy atom. The van der Waals surface area contributed by atoms with Gasteiger partial charge in [0.2, 0.25) is 5.91 Å². The van der Waals surface area contributed by atoms with Gasteiger partial charge < -0.3 is 10.0 Å². The molecule has 14 heavy (non-hydrogen) atoms. The number of amides is 1. The van der Waals surface area contributed by atoms with Gasteiger partial charge in [-0.3, -0.25) is 4.79 Å². The van der Waals surface area contributed by atoms with Crippen LogP contribution in [0.1, 0.15) is 40.0 Å². The number of rotatable bonds is 7. The van der Waals surface area contributed by atoms with Crippen LogP contribution in [0.5, 0.6) is 0 Å². The molecular weight excluding hydrogens is 178 g/mol. The highest BCUT2D eigenvalue weighted by Crippen LogP contribution is 2.09. The molecule has 0 aliphatic heterocycles. The number of carbonyl (C=O) groups is 1. The molecule has 0 heterocycles. The molecule has 0 aliphatic rings. The van der Waals surface area contributed by atoms with Crippen LogP contribution in [0.15, 0.2) is 0 Å². The lowest BCUT2D eigenvalue weighted by molar-refractivity contribution is -0.135. The normalized spacial score (nSPS) is 12.6. The Hall–Kier alpha value is -0.570. The summed E-state index contributed by atoms with van der Waals surface area (Å²) in [6.07, 6.45) is 2.68. The third-order valence-corrected chi connectivity index (χ3v) is 2.42. The molecule has 1 amide bonds. The molecule has 0 rings (SSSR count). The summed E-state index contributed by atoms with van der Waals surface area (Å²) >= 11 is 0. The van der Waals surface area contributed by atoms with E-state index in [9.17, 15) is 4.79 Å². The monoisotopic (exact) mass is 201 g/mol. The zero-order valence-corrected chi connectivity index (χ0v) is 9.62. The lowest BCUT2D eigenvalue weighted by Crippen LogP contribution is -2.36. The zero-order chi connectivity index (χ0) is 11.0. The highest BCUT2D eigenvalue weighted by atomic mass is 16.3. The highest BCUT2D eigenvalue weighted by molar-refractivity contribution is 5.78. The number of aliphatic hydroxyl groups excluding tert-OH is 1. The van der Waals surface area contributed by atoms with Crippen molar-refractivity contribution in [2.45, 2.75) is 40.0 Å². The van der Waals surface area contributed by atoms with Crippen LogP contribution in [0.25, 0.3) is 0 Å². The minimum Gasteiger partial charge on any atom is -0.396 e. The quantitative estimate of drug-likeness (QED) is 0.680. The number of hydrogen-bond acceptors (Lipinski definition) is 2. The molecule has 0 aromatic rings. The van der Waals surface area contributed by atoms with E-state index in [1.54, 1.807) is 0 Å². The molecule has 0 aromatic heterocycles. The second kappa shape index (κ2) is 7.80. The average Bonchev–Trinajstić information content (AvgIpc) is 2.19. The Balaban J connectivity index is 4.01. The second-order valence-electron chi connectivity index (χ2n) is 3.68. The molecule has 1 atom stereocenters. The van der Waals surface area contributed by atoms with Crippen molar-refractivity contribution in [2.24, 2.45) is 5.92 Å². The Morgan fingerprint density at radius 2 is 2.07 bits per heavy atom. The minimum atomic E-state index is 0.124. The van der Waals surface area contributed by atoms with Gasteiger partial charge in [0.05, 0.1) is 0 Å². The molecule has 0 saturated carbocycles. The van der Waals surface area contributed by atoms with Gasteiger partial charge in [-0.2, -0.15) is 0 Å². The number of nitrogens with zero attached hydrogens (tertiary/aromatic N) is 1. The van der Waals surface area contributed by atoms with Crippen molar-refractivity contribution in [2.75, 3.05) is 19.7 Å². The van der Waals surface area contributed by atoms with E-state index in [1.807, 2.05) is 18.7 Å². The van der Waals surface area contributed by atoms with Crippen molar-refractivity contribution in [1.82, 2.24) is 4.90 Å². The lowest BCUT2D eigenvalue weighted by Gasteiger charge is -2.23. The maximum absolute atomic E-state index is 11.8. The largest absolute Gasteiger partial charge is 0.396 e. The van der Waals surface area contributed by atoms with Crippen LogP contribution >= 0.6 is 0 Å². The van der Waals surface area contributed by atoms with E-state index in [0.717, 1.165) is 19.4 Å². The van der Waals surface area contributed by atoms with Crippen molar-refractivity contribution >= 4 is 5.91 Å². The zero-order valence-electron chi connectivity index (χ0n) is 9.62. The van der Waals surface area contributed by atoms with Gasteiger partial charge in [-0.1, -0.05) is 20.3 Å². The van der Waals surface area contributed by atoms with Crippen LogP contribution < -0.4 is 0 Å². The fourth-order valence-corrected chi connectivity index (χ4v) is 1.55. The summed E-state index contributed by atoms with van der Waals surface area (Å²) in [5.74, 6) is 0.349. The van der Waals surface area contributed by atoms with E-state index < -0.39 is 0 Å². The summed E-state index contributed by atoms with van der Waals surface area (Å²) in [6.45, 7) is 7.63. The smallest absolute Gasteiger partial charge is 0.225 e. The fourth-order valence-electron chi connectivity index (χ4n) is 1.55. The molecule has 0 bridgehead atoms. The fraction of sp³-hybridized carbons (Fsp3) is 0.909. The molecule has 1 N–H and O–H groups in total. The Kier molecular flexibility index (Phi) is 7.48. The first-order valence-electron chi connectivity index (χ1n) is 5.56. The Bertz CT molecular complexity index is 159. The van der Waals surface area contributed by atoms with Gasteiger partial charge in [0.15, 0.2) is 0 Å². The van der Waals surface area contributed by atoms with Crippen molar-refractivity contribution in [1.29, 1.82) is 0 Å². The highest BCUT2D eigenvalue weighted by Gasteiger charge is 2.17. The lowest BCUT2D eigenvalue weighted by atomic mass is 10.0. The summed E-state index contributed by atoms with van der Waals surface area (Å²) < 4.78 is 0. The predicted octanol–water partition coefficient (Wildman–Crippen LogP) is 1.65. The van der Waals surface area contributed by atoms with E-state index in [1.165, 1.54) is 0 Å². The molecule has 3 nitrogen and oxygen atoms in total. The van der Waals surface area contributed by atoms with Crippen LogP contribution in [0.3, 0.4) is 0 Å². The van der Waals surface area contributed by atoms with Gasteiger partial charge in [-0.05, 0) is 19.8 Å². The molecule has 84 valence electrons. The molecule has 0 aliphatic carbocycles. The molecule has 1 unspecified atom stereocenters. The molecule has 0 spiro atoms. The average molecular weight is 201 g/mol. The van der Waals surface area contributed by atoms with E-state index in [0.29, 0.717) is 13.0 Å². The first kappa shape index (κ1) is 13.4. The van der Waals surface area contributed by atoms with Crippen LogP contribution in [0.2, 0.25) is 0 Å². The van der Waals surface area contributed by atoms with Gasteiger partial charge in [-0.25, -0.2) is 0 Å². The summed E-state index contributed by atoms with van der Waals surface area (Å²) in [5, 5.41) is 8.70. The first-order valence-corrected chi connectivity index (χ1v) is 5.56. The minimum absolute atomic E-state index is 0.124. The second-order valence-corrected chi connectivity index (χ2v) is 3.68.